The molecule has 0 aliphatic heterocycles. The van der Waals surface area contributed by atoms with E-state index in [4.69, 9.17) is 0 Å². The summed E-state index contributed by atoms with van der Waals surface area (Å²) in [6.07, 6.45) is 0. The molecule has 0 amide bonds. The van der Waals surface area contributed by atoms with Crippen LogP contribution in [0.3, 0.4) is 0 Å². The summed E-state index contributed by atoms with van der Waals surface area (Å²) in [7, 11) is 0. The average Bonchev–Trinajstić information content (AvgIpc) is 4.20. The van der Waals surface area contributed by atoms with Crippen molar-refractivity contribution in [2.45, 2.75) is 0 Å². The fraction of sp³-hybridized carbons (Fsp3) is 0. The fourth-order valence-electron chi connectivity index (χ4n) is 12.4. The van der Waals surface area contributed by atoms with Gasteiger partial charge >= 0.3 is 0 Å². The summed E-state index contributed by atoms with van der Waals surface area (Å²) >= 11 is 0. The summed E-state index contributed by atoms with van der Waals surface area (Å²) < 4.78 is 9.71. The molecule has 0 aliphatic carbocycles. The van der Waals surface area contributed by atoms with Crippen LogP contribution in [0.5, 0.6) is 0 Å². The van der Waals surface area contributed by atoms with E-state index >= 15 is 0 Å². The van der Waals surface area contributed by atoms with Gasteiger partial charge in [-0.2, -0.15) is 0 Å². The molecule has 0 bridgehead atoms. The van der Waals surface area contributed by atoms with Crippen molar-refractivity contribution in [1.82, 2.24) is 18.3 Å². The third-order valence-electron chi connectivity index (χ3n) is 15.7. The van der Waals surface area contributed by atoms with E-state index in [0.717, 1.165) is 22.7 Å². The highest BCUT2D eigenvalue weighted by molar-refractivity contribution is 6.14. The van der Waals surface area contributed by atoms with E-state index in [1.807, 2.05) is 0 Å². The average molecular weight is 941 g/mol. The molecule has 4 heteroatoms. The molecule has 0 radical (unpaired) electrons. The summed E-state index contributed by atoms with van der Waals surface area (Å²) in [5.41, 5.74) is 18.8. The molecule has 0 saturated heterocycles. The largest absolute Gasteiger partial charge is 0.309 e. The molecule has 4 nitrogen and oxygen atoms in total. The van der Waals surface area contributed by atoms with Crippen LogP contribution in [0.15, 0.2) is 267 Å². The van der Waals surface area contributed by atoms with Gasteiger partial charge in [-0.3, -0.25) is 0 Å². The molecule has 344 valence electrons. The zero-order valence-corrected chi connectivity index (χ0v) is 40.2. The second-order valence-corrected chi connectivity index (χ2v) is 19.7. The minimum absolute atomic E-state index is 1.13. The standard InChI is InChI=1S/C70H44N4/c1-2-16-48-40-52(33-31-45(48)15-1)71-67-30-12-7-25-59(67)62-43-53(35-38-69(62)71)72-66-29-11-6-24-58(66)61-42-50(32-37-68(61)72)47-18-13-17-46(39-47)49-19-14-20-51(41-49)74-65-28-10-5-23-57(65)60-36-34-54(44-70(60)74)73-63-26-8-3-21-55(63)56-22-4-9-27-64(56)73/h1-44H. The number of aromatic nitrogens is 4. The predicted molar refractivity (Wildman–Crippen MR) is 312 cm³/mol. The van der Waals surface area contributed by atoms with Crippen LogP contribution in [0.4, 0.5) is 0 Å². The summed E-state index contributed by atoms with van der Waals surface area (Å²) in [5, 5.41) is 12.4. The normalized spacial score (nSPS) is 12.1. The number of benzene rings is 12. The fourth-order valence-corrected chi connectivity index (χ4v) is 12.4. The van der Waals surface area contributed by atoms with Gasteiger partial charge in [0, 0.05) is 65.8 Å². The summed E-state index contributed by atoms with van der Waals surface area (Å²) in [5.74, 6) is 0. The van der Waals surface area contributed by atoms with Crippen molar-refractivity contribution in [3.8, 4) is 45.0 Å². The number of rotatable bonds is 6. The van der Waals surface area contributed by atoms with Crippen LogP contribution < -0.4 is 0 Å². The van der Waals surface area contributed by atoms with E-state index in [0.29, 0.717) is 0 Å². The predicted octanol–water partition coefficient (Wildman–Crippen LogP) is 18.6. The van der Waals surface area contributed by atoms with Gasteiger partial charge in [-0.25, -0.2) is 0 Å². The number of fused-ring (bicyclic) bond motifs is 13. The molecule has 0 fully saturated rings. The van der Waals surface area contributed by atoms with Gasteiger partial charge in [-0.1, -0.05) is 164 Å². The molecule has 0 saturated carbocycles. The first-order chi connectivity index (χ1) is 36.7. The Balaban J connectivity index is 0.795. The van der Waals surface area contributed by atoms with Crippen LogP contribution in [0, 0.1) is 0 Å². The maximum atomic E-state index is 2.44. The minimum Gasteiger partial charge on any atom is -0.309 e. The molecule has 0 N–H and O–H groups in total. The van der Waals surface area contributed by atoms with Crippen LogP contribution in [0.25, 0.3) is 143 Å². The highest BCUT2D eigenvalue weighted by atomic mass is 15.0. The molecule has 16 rings (SSSR count). The Morgan fingerprint density at radius 1 is 0.162 bits per heavy atom. The number of para-hydroxylation sites is 5. The molecular weight excluding hydrogens is 897 g/mol. The van der Waals surface area contributed by atoms with Crippen molar-refractivity contribution in [3.63, 3.8) is 0 Å². The zero-order valence-electron chi connectivity index (χ0n) is 40.2. The molecule has 0 spiro atoms. The van der Waals surface area contributed by atoms with Gasteiger partial charge in [0.2, 0.25) is 0 Å². The molecule has 12 aromatic carbocycles. The van der Waals surface area contributed by atoms with E-state index in [2.05, 4.69) is 285 Å². The van der Waals surface area contributed by atoms with Crippen LogP contribution in [-0.2, 0) is 0 Å². The Bertz CT molecular complexity index is 4920. The lowest BCUT2D eigenvalue weighted by Crippen LogP contribution is -1.97. The summed E-state index contributed by atoms with van der Waals surface area (Å²) in [6, 6.07) is 98.4. The first-order valence-corrected chi connectivity index (χ1v) is 25.5. The number of hydrogen-bond acceptors (Lipinski definition) is 0. The Labute approximate surface area is 426 Å². The maximum Gasteiger partial charge on any atom is 0.0561 e. The van der Waals surface area contributed by atoms with Crippen molar-refractivity contribution < 1.29 is 0 Å². The van der Waals surface area contributed by atoms with Crippen molar-refractivity contribution in [1.29, 1.82) is 0 Å². The van der Waals surface area contributed by atoms with Gasteiger partial charge in [0.15, 0.2) is 0 Å². The molecule has 16 aromatic rings. The quantitative estimate of drug-likeness (QED) is 0.158. The van der Waals surface area contributed by atoms with Gasteiger partial charge in [0.05, 0.1) is 44.1 Å². The molecule has 0 unspecified atom stereocenters. The Kier molecular flexibility index (Phi) is 8.71. The Morgan fingerprint density at radius 2 is 0.527 bits per heavy atom. The molecule has 4 aromatic heterocycles. The summed E-state index contributed by atoms with van der Waals surface area (Å²) in [6.45, 7) is 0. The van der Waals surface area contributed by atoms with Crippen LogP contribution in [0.2, 0.25) is 0 Å². The molecule has 74 heavy (non-hydrogen) atoms. The van der Waals surface area contributed by atoms with E-state index in [9.17, 15) is 0 Å². The van der Waals surface area contributed by atoms with Crippen LogP contribution >= 0.6 is 0 Å². The van der Waals surface area contributed by atoms with Crippen molar-refractivity contribution in [3.05, 3.63) is 267 Å². The van der Waals surface area contributed by atoms with Crippen molar-refractivity contribution >= 4 is 98.0 Å². The van der Waals surface area contributed by atoms with Gasteiger partial charge in [-0.15, -0.1) is 0 Å². The topological polar surface area (TPSA) is 19.7 Å². The lowest BCUT2D eigenvalue weighted by Gasteiger charge is -2.13. The third-order valence-corrected chi connectivity index (χ3v) is 15.7. The lowest BCUT2D eigenvalue weighted by molar-refractivity contribution is 1.15. The SMILES string of the molecule is c1cc(-c2cccc(-n3c4ccccc4c4ccc(-n5c6ccccc6c6ccccc65)cc43)c2)cc(-c2ccc3c(c2)c2ccccc2n3-c2ccc3c(c2)c2ccccc2n3-c2ccc3ccccc3c2)c1. The van der Waals surface area contributed by atoms with Crippen LogP contribution in [-0.4, -0.2) is 18.3 Å². The van der Waals surface area contributed by atoms with E-state index < -0.39 is 0 Å². The molecular formula is C70H44N4. The van der Waals surface area contributed by atoms with E-state index in [1.54, 1.807) is 0 Å². The Morgan fingerprint density at radius 3 is 1.12 bits per heavy atom. The van der Waals surface area contributed by atoms with Crippen molar-refractivity contribution in [2.24, 2.45) is 0 Å². The number of nitrogens with zero attached hydrogens (tertiary/aromatic N) is 4. The van der Waals surface area contributed by atoms with Gasteiger partial charge in [-0.05, 0) is 136 Å². The number of hydrogen-bond donors (Lipinski definition) is 0. The monoisotopic (exact) mass is 940 g/mol. The summed E-state index contributed by atoms with van der Waals surface area (Å²) in [4.78, 5) is 0. The smallest absolute Gasteiger partial charge is 0.0561 e. The molecule has 0 atom stereocenters. The van der Waals surface area contributed by atoms with Gasteiger partial charge in [0.1, 0.15) is 0 Å². The van der Waals surface area contributed by atoms with E-state index in [-0.39, 0.29) is 0 Å². The van der Waals surface area contributed by atoms with Gasteiger partial charge in [0.25, 0.3) is 0 Å². The third kappa shape index (κ3) is 6.03. The first kappa shape index (κ1) is 40.8. The van der Waals surface area contributed by atoms with Crippen LogP contribution in [0.1, 0.15) is 0 Å². The Hall–Kier alpha value is -9.90. The highest BCUT2D eigenvalue weighted by Gasteiger charge is 2.20. The second kappa shape index (κ2) is 15.8. The van der Waals surface area contributed by atoms with Gasteiger partial charge < -0.3 is 18.3 Å². The lowest BCUT2D eigenvalue weighted by atomic mass is 9.97. The van der Waals surface area contributed by atoms with Crippen molar-refractivity contribution in [2.75, 3.05) is 0 Å². The molecule has 4 heterocycles. The maximum absolute atomic E-state index is 2.44. The minimum atomic E-state index is 1.13. The second-order valence-electron chi connectivity index (χ2n) is 19.7. The van der Waals surface area contributed by atoms with E-state index in [1.165, 1.54) is 120 Å². The molecule has 0 aliphatic rings. The zero-order chi connectivity index (χ0) is 48.4. The first-order valence-electron chi connectivity index (χ1n) is 25.5. The highest BCUT2D eigenvalue weighted by Crippen LogP contribution is 2.41.